The lowest BCUT2D eigenvalue weighted by molar-refractivity contribution is -0.130. The van der Waals surface area contributed by atoms with Crippen molar-refractivity contribution in [1.29, 1.82) is 0 Å². The zero-order valence-electron chi connectivity index (χ0n) is 19.2. The Balaban J connectivity index is 1.28. The second-order valence-electron chi connectivity index (χ2n) is 9.14. The van der Waals surface area contributed by atoms with Crippen LogP contribution in [0.1, 0.15) is 30.7 Å². The van der Waals surface area contributed by atoms with Gasteiger partial charge in [0.25, 0.3) is 0 Å². The van der Waals surface area contributed by atoms with Gasteiger partial charge in [-0.3, -0.25) is 14.5 Å². The van der Waals surface area contributed by atoms with Crippen LogP contribution in [0, 0.1) is 0 Å². The summed E-state index contributed by atoms with van der Waals surface area (Å²) >= 11 is 0. The van der Waals surface area contributed by atoms with E-state index in [1.54, 1.807) is 6.26 Å². The third kappa shape index (κ3) is 4.60. The average molecular weight is 485 g/mol. The van der Waals surface area contributed by atoms with Gasteiger partial charge in [0.15, 0.2) is 0 Å². The number of piperazine rings is 1. The second kappa shape index (κ2) is 9.13. The van der Waals surface area contributed by atoms with Crippen molar-refractivity contribution in [3.8, 4) is 5.75 Å². The summed E-state index contributed by atoms with van der Waals surface area (Å²) in [4.78, 5) is 26.4. The zero-order chi connectivity index (χ0) is 23.9. The van der Waals surface area contributed by atoms with Crippen LogP contribution < -0.4 is 4.74 Å². The first-order valence-electron chi connectivity index (χ1n) is 11.6. The highest BCUT2D eigenvalue weighted by atomic mass is 32.2. The minimum Gasteiger partial charge on any atom is -0.492 e. The number of sulfonamides is 1. The molecule has 8 nitrogen and oxygen atoms in total. The molecular weight excluding hydrogens is 456 g/mol. The molecule has 5 rings (SSSR count). The Morgan fingerprint density at radius 1 is 1.09 bits per heavy atom. The fourth-order valence-corrected chi connectivity index (χ4v) is 5.82. The molecule has 1 aliphatic carbocycles. The van der Waals surface area contributed by atoms with Crippen LogP contribution in [0.25, 0.3) is 21.7 Å². The first kappa shape index (κ1) is 23.0. The van der Waals surface area contributed by atoms with E-state index in [-0.39, 0.29) is 23.9 Å². The summed E-state index contributed by atoms with van der Waals surface area (Å²) in [6.45, 7) is 3.64. The lowest BCUT2D eigenvalue weighted by atomic mass is 9.81. The number of carbonyl (C=O) groups excluding carboxylic acids is 2. The summed E-state index contributed by atoms with van der Waals surface area (Å²) in [5.41, 5.74) is 1.59. The Labute approximate surface area is 198 Å². The number of ether oxygens (including phenoxy) is 1. The molecule has 0 N–H and O–H groups in total. The Morgan fingerprint density at radius 3 is 2.62 bits per heavy atom. The summed E-state index contributed by atoms with van der Waals surface area (Å²) in [6, 6.07) is 9.79. The fourth-order valence-electron chi connectivity index (χ4n) is 4.99. The molecule has 1 saturated carbocycles. The summed E-state index contributed by atoms with van der Waals surface area (Å²) in [7, 11) is -3.13. The highest BCUT2D eigenvalue weighted by molar-refractivity contribution is 7.88. The number of benzene rings is 2. The molecule has 0 bridgehead atoms. The van der Waals surface area contributed by atoms with Gasteiger partial charge in [-0.25, -0.2) is 8.42 Å². The van der Waals surface area contributed by atoms with E-state index in [4.69, 9.17) is 9.15 Å². The molecule has 1 aromatic heterocycles. The molecule has 2 heterocycles. The topological polar surface area (TPSA) is 97.1 Å². The number of rotatable bonds is 6. The summed E-state index contributed by atoms with van der Waals surface area (Å²) in [5.74, 6) is 0.431. The van der Waals surface area contributed by atoms with Crippen molar-refractivity contribution in [3.63, 3.8) is 0 Å². The molecule has 0 unspecified atom stereocenters. The largest absolute Gasteiger partial charge is 0.492 e. The Bertz CT molecular complexity index is 1350. The number of furan rings is 1. The molecule has 0 radical (unpaired) electrons. The van der Waals surface area contributed by atoms with Crippen LogP contribution in [-0.2, 0) is 19.6 Å². The molecule has 0 spiro atoms. The van der Waals surface area contributed by atoms with Gasteiger partial charge >= 0.3 is 0 Å². The molecule has 2 fully saturated rings. The third-order valence-corrected chi connectivity index (χ3v) is 8.18. The van der Waals surface area contributed by atoms with E-state index in [0.717, 1.165) is 39.6 Å². The van der Waals surface area contributed by atoms with Crippen molar-refractivity contribution in [2.75, 3.05) is 45.6 Å². The van der Waals surface area contributed by atoms with Crippen molar-refractivity contribution in [3.05, 3.63) is 42.2 Å². The maximum Gasteiger partial charge on any atom is 0.211 e. The third-order valence-electron chi connectivity index (χ3n) is 6.88. The van der Waals surface area contributed by atoms with Crippen molar-refractivity contribution in [1.82, 2.24) is 9.21 Å². The van der Waals surface area contributed by atoms with Gasteiger partial charge in [-0.2, -0.15) is 4.31 Å². The lowest BCUT2D eigenvalue weighted by Crippen LogP contribution is -2.49. The van der Waals surface area contributed by atoms with E-state index >= 15 is 0 Å². The molecule has 34 heavy (non-hydrogen) atoms. The smallest absolute Gasteiger partial charge is 0.211 e. The Hall–Kier alpha value is -2.75. The molecule has 1 atom stereocenters. The predicted molar refractivity (Wildman–Crippen MR) is 129 cm³/mol. The normalized spacial score (nSPS) is 20.9. The van der Waals surface area contributed by atoms with Crippen LogP contribution in [0.4, 0.5) is 0 Å². The van der Waals surface area contributed by atoms with Gasteiger partial charge in [-0.05, 0) is 41.5 Å². The van der Waals surface area contributed by atoms with E-state index in [1.807, 2.05) is 30.3 Å². The Kier molecular flexibility index (Phi) is 6.18. The SMILES string of the molecule is CS(=O)(=O)N1CCN(CCOc2ccc3c(ccc4occ([C@@H]5CCC(=O)CC5=O)c43)c2)CC1. The molecule has 2 aromatic carbocycles. The summed E-state index contributed by atoms with van der Waals surface area (Å²) < 4.78 is 36.6. The molecule has 3 aromatic rings. The van der Waals surface area contributed by atoms with Gasteiger partial charge in [0.2, 0.25) is 10.0 Å². The van der Waals surface area contributed by atoms with Crippen LogP contribution in [0.2, 0.25) is 0 Å². The summed E-state index contributed by atoms with van der Waals surface area (Å²) in [6.07, 6.45) is 3.87. The van der Waals surface area contributed by atoms with Crippen molar-refractivity contribution < 1.29 is 27.2 Å². The van der Waals surface area contributed by atoms with Crippen LogP contribution in [0.15, 0.2) is 41.0 Å². The fraction of sp³-hybridized carbons (Fsp3) is 0.440. The predicted octanol–water partition coefficient (Wildman–Crippen LogP) is 2.95. The van der Waals surface area contributed by atoms with Gasteiger partial charge in [0.1, 0.15) is 29.5 Å². The van der Waals surface area contributed by atoms with Crippen LogP contribution in [0.3, 0.4) is 0 Å². The van der Waals surface area contributed by atoms with Gasteiger partial charge in [0, 0.05) is 56.0 Å². The highest BCUT2D eigenvalue weighted by Gasteiger charge is 2.31. The number of ketones is 2. The van der Waals surface area contributed by atoms with E-state index in [1.165, 1.54) is 10.6 Å². The monoisotopic (exact) mass is 484 g/mol. The van der Waals surface area contributed by atoms with Gasteiger partial charge in [-0.1, -0.05) is 6.07 Å². The molecule has 9 heteroatoms. The molecule has 1 saturated heterocycles. The van der Waals surface area contributed by atoms with E-state index < -0.39 is 10.0 Å². The second-order valence-corrected chi connectivity index (χ2v) is 11.1. The van der Waals surface area contributed by atoms with Gasteiger partial charge in [-0.15, -0.1) is 0 Å². The lowest BCUT2D eigenvalue weighted by Gasteiger charge is -2.33. The quantitative estimate of drug-likeness (QED) is 0.496. The summed E-state index contributed by atoms with van der Waals surface area (Å²) in [5, 5.41) is 2.92. The minimum absolute atomic E-state index is 0.00337. The maximum absolute atomic E-state index is 12.5. The number of nitrogens with zero attached hydrogens (tertiary/aromatic N) is 2. The first-order chi connectivity index (χ1) is 16.3. The van der Waals surface area contributed by atoms with Crippen molar-refractivity contribution in [2.45, 2.75) is 25.2 Å². The number of hydrogen-bond donors (Lipinski definition) is 0. The van der Waals surface area contributed by atoms with Gasteiger partial charge in [0.05, 0.1) is 18.9 Å². The van der Waals surface area contributed by atoms with Crippen LogP contribution >= 0.6 is 0 Å². The van der Waals surface area contributed by atoms with Crippen LogP contribution in [-0.4, -0.2) is 74.8 Å². The standard InChI is InChI=1S/C25H28N2O6S/c1-34(30,31)27-10-8-26(9-11-27)12-13-32-19-4-6-20-17(14-19)2-7-24-25(20)22(16-33-24)21-5-3-18(28)15-23(21)29/h2,4,6-7,14,16,21H,3,5,8-13,15H2,1H3/t21-/m0/s1. The number of Topliss-reactive ketones (excluding diaryl/α,β-unsaturated/α-hetero) is 2. The maximum atomic E-state index is 12.5. The molecule has 1 aliphatic heterocycles. The molecule has 0 amide bonds. The molecule has 180 valence electrons. The van der Waals surface area contributed by atoms with E-state index in [9.17, 15) is 18.0 Å². The highest BCUT2D eigenvalue weighted by Crippen LogP contribution is 2.38. The van der Waals surface area contributed by atoms with Crippen LogP contribution in [0.5, 0.6) is 5.75 Å². The molecular formula is C25H28N2O6S. The number of carbonyl (C=O) groups is 2. The van der Waals surface area contributed by atoms with E-state index in [2.05, 4.69) is 4.90 Å². The number of hydrogen-bond acceptors (Lipinski definition) is 7. The van der Waals surface area contributed by atoms with Gasteiger partial charge < -0.3 is 9.15 Å². The Morgan fingerprint density at radius 2 is 1.88 bits per heavy atom. The number of fused-ring (bicyclic) bond motifs is 3. The van der Waals surface area contributed by atoms with Crippen molar-refractivity contribution in [2.24, 2.45) is 0 Å². The van der Waals surface area contributed by atoms with E-state index in [0.29, 0.717) is 45.6 Å². The first-order valence-corrected chi connectivity index (χ1v) is 13.4. The molecule has 2 aliphatic rings. The minimum atomic E-state index is -3.13. The van der Waals surface area contributed by atoms with Crippen molar-refractivity contribution >= 4 is 43.3 Å². The zero-order valence-corrected chi connectivity index (χ0v) is 20.0. The average Bonchev–Trinajstić information content (AvgIpc) is 3.23.